The summed E-state index contributed by atoms with van der Waals surface area (Å²) < 4.78 is 3.53. The quantitative estimate of drug-likeness (QED) is 0.806. The summed E-state index contributed by atoms with van der Waals surface area (Å²) in [6.45, 7) is 10.8. The molecule has 1 aromatic rings. The van der Waals surface area contributed by atoms with Crippen molar-refractivity contribution in [2.24, 2.45) is 10.7 Å². The van der Waals surface area contributed by atoms with E-state index in [2.05, 4.69) is 10.3 Å². The highest BCUT2D eigenvalue weighted by molar-refractivity contribution is 6.22. The van der Waals surface area contributed by atoms with Gasteiger partial charge in [-0.1, -0.05) is 0 Å². The summed E-state index contributed by atoms with van der Waals surface area (Å²) in [5, 5.41) is 3.30. The van der Waals surface area contributed by atoms with Gasteiger partial charge in [-0.2, -0.15) is 0 Å². The van der Waals surface area contributed by atoms with Crippen LogP contribution in [0.15, 0.2) is 33.2 Å². The maximum Gasteiger partial charge on any atom is 0.294 e. The number of hydrogen-bond acceptors (Lipinski definition) is 5. The minimum atomic E-state index is -0.175. The maximum absolute atomic E-state index is 12.8. The third-order valence-corrected chi connectivity index (χ3v) is 3.79. The molecule has 0 saturated heterocycles. The number of carbonyl (C=O) groups is 1. The molecule has 0 fully saturated rings. The molecule has 1 aromatic heterocycles. The van der Waals surface area contributed by atoms with Crippen molar-refractivity contribution in [1.29, 1.82) is 0 Å². The lowest BCUT2D eigenvalue weighted by atomic mass is 10.0. The highest BCUT2D eigenvalue weighted by Gasteiger charge is 2.21. The normalized spacial score (nSPS) is 16.6. The molecule has 0 radical (unpaired) electrons. The molecule has 0 spiro atoms. The van der Waals surface area contributed by atoms with Gasteiger partial charge in [0.15, 0.2) is 17.3 Å². The van der Waals surface area contributed by atoms with Gasteiger partial charge in [0.05, 0.1) is 11.4 Å². The van der Waals surface area contributed by atoms with Gasteiger partial charge in [-0.3, -0.25) is 14.3 Å². The van der Waals surface area contributed by atoms with Crippen LogP contribution in [0.4, 0.5) is 11.5 Å². The average Bonchev–Trinajstić information content (AvgIpc) is 2.75. The zero-order valence-corrected chi connectivity index (χ0v) is 14.9. The van der Waals surface area contributed by atoms with Crippen LogP contribution >= 0.6 is 0 Å². The number of nitrogens with zero attached hydrogens (tertiary/aromatic N) is 3. The highest BCUT2D eigenvalue weighted by Crippen LogP contribution is 2.25. The minimum Gasteiger partial charge on any atom is -0.397 e. The Labute approximate surface area is 141 Å². The second kappa shape index (κ2) is 6.90. The number of allylic oxidation sites excluding steroid dienone is 3. The minimum absolute atomic E-state index is 0.135. The van der Waals surface area contributed by atoms with Crippen molar-refractivity contribution in [3.05, 3.63) is 33.8 Å². The van der Waals surface area contributed by atoms with E-state index in [1.54, 1.807) is 17.7 Å². The molecule has 3 N–H and O–H groups in total. The van der Waals surface area contributed by atoms with Crippen molar-refractivity contribution in [3.63, 3.8) is 0 Å². The Balaban J connectivity index is 2.68. The van der Waals surface area contributed by atoms with Gasteiger partial charge >= 0.3 is 0 Å². The van der Waals surface area contributed by atoms with E-state index in [-0.39, 0.29) is 23.1 Å². The molecule has 0 saturated carbocycles. The van der Waals surface area contributed by atoms with Crippen LogP contribution in [0, 0.1) is 0 Å². The largest absolute Gasteiger partial charge is 0.397 e. The van der Waals surface area contributed by atoms with Crippen molar-refractivity contribution in [2.45, 2.75) is 53.8 Å². The van der Waals surface area contributed by atoms with Crippen molar-refractivity contribution in [2.75, 3.05) is 5.32 Å². The van der Waals surface area contributed by atoms with Crippen LogP contribution in [0.5, 0.6) is 0 Å². The van der Waals surface area contributed by atoms with Crippen LogP contribution in [0.3, 0.4) is 0 Å². The topological polar surface area (TPSA) is 94.4 Å². The Morgan fingerprint density at radius 1 is 1.17 bits per heavy atom. The van der Waals surface area contributed by atoms with E-state index in [0.29, 0.717) is 35.9 Å². The summed E-state index contributed by atoms with van der Waals surface area (Å²) in [5.74, 6) is 0.534. The third kappa shape index (κ3) is 3.20. The van der Waals surface area contributed by atoms with E-state index in [0.717, 1.165) is 0 Å². The van der Waals surface area contributed by atoms with Crippen molar-refractivity contribution < 1.29 is 4.79 Å². The SMILES string of the molecule is CCn1c(NC(C)C)c(N=C2C=C(C)C(=O)C=C2N)c(=O)n1CC. The molecule has 7 nitrogen and oxygen atoms in total. The second-order valence-electron chi connectivity index (χ2n) is 6.02. The fourth-order valence-electron chi connectivity index (χ4n) is 2.64. The zero-order chi connectivity index (χ0) is 18.0. The molecule has 7 heteroatoms. The first-order valence-electron chi connectivity index (χ1n) is 8.19. The molecule has 24 heavy (non-hydrogen) atoms. The predicted molar refractivity (Wildman–Crippen MR) is 96.9 cm³/mol. The molecule has 0 unspecified atom stereocenters. The summed E-state index contributed by atoms with van der Waals surface area (Å²) in [5.41, 5.74) is 7.32. The van der Waals surface area contributed by atoms with Crippen LogP contribution in [-0.4, -0.2) is 26.9 Å². The van der Waals surface area contributed by atoms with E-state index in [9.17, 15) is 9.59 Å². The lowest BCUT2D eigenvalue weighted by molar-refractivity contribution is -0.111. The molecular weight excluding hydrogens is 306 g/mol. The first-order valence-corrected chi connectivity index (χ1v) is 8.19. The van der Waals surface area contributed by atoms with Gasteiger partial charge in [-0.25, -0.2) is 9.67 Å². The first-order chi connectivity index (χ1) is 11.3. The van der Waals surface area contributed by atoms with Gasteiger partial charge in [-0.15, -0.1) is 0 Å². The third-order valence-electron chi connectivity index (χ3n) is 3.79. The molecule has 130 valence electrons. The average molecular weight is 331 g/mol. The number of anilines is 1. The Morgan fingerprint density at radius 3 is 2.33 bits per heavy atom. The smallest absolute Gasteiger partial charge is 0.294 e. The van der Waals surface area contributed by atoms with E-state index in [4.69, 9.17) is 5.73 Å². The van der Waals surface area contributed by atoms with E-state index >= 15 is 0 Å². The van der Waals surface area contributed by atoms with E-state index in [1.807, 2.05) is 32.4 Å². The number of nitrogens with two attached hydrogens (primary N) is 1. The zero-order valence-electron chi connectivity index (χ0n) is 14.9. The Kier molecular flexibility index (Phi) is 5.11. The van der Waals surface area contributed by atoms with Crippen LogP contribution < -0.4 is 16.6 Å². The summed E-state index contributed by atoms with van der Waals surface area (Å²) in [4.78, 5) is 28.9. The number of nitrogens with one attached hydrogen (secondary N) is 1. The van der Waals surface area contributed by atoms with Crippen molar-refractivity contribution >= 4 is 23.0 Å². The summed E-state index contributed by atoms with van der Waals surface area (Å²) in [7, 11) is 0. The maximum atomic E-state index is 12.8. The van der Waals surface area contributed by atoms with Crippen molar-refractivity contribution in [1.82, 2.24) is 9.36 Å². The molecule has 0 amide bonds. The Morgan fingerprint density at radius 2 is 1.79 bits per heavy atom. The van der Waals surface area contributed by atoms with Gasteiger partial charge in [0.25, 0.3) is 5.56 Å². The molecule has 1 aliphatic carbocycles. The van der Waals surface area contributed by atoms with Crippen LogP contribution in [0.1, 0.15) is 34.6 Å². The van der Waals surface area contributed by atoms with Crippen molar-refractivity contribution in [3.8, 4) is 0 Å². The molecule has 0 bridgehead atoms. The Hall–Kier alpha value is -2.57. The van der Waals surface area contributed by atoms with Gasteiger partial charge in [-0.05, 0) is 46.3 Å². The molecule has 0 aliphatic heterocycles. The van der Waals surface area contributed by atoms with Crippen LogP contribution in [0.2, 0.25) is 0 Å². The summed E-state index contributed by atoms with van der Waals surface area (Å²) in [6, 6.07) is 0.145. The van der Waals surface area contributed by atoms with Gasteiger partial charge in [0, 0.05) is 25.2 Å². The summed E-state index contributed by atoms with van der Waals surface area (Å²) >= 11 is 0. The lowest BCUT2D eigenvalue weighted by Crippen LogP contribution is -2.23. The van der Waals surface area contributed by atoms with Gasteiger partial charge in [0.1, 0.15) is 0 Å². The number of aliphatic imine (C=N–C) groups is 1. The number of carbonyl (C=O) groups excluding carboxylic acids is 1. The van der Waals surface area contributed by atoms with E-state index < -0.39 is 0 Å². The molecule has 0 atom stereocenters. The van der Waals surface area contributed by atoms with Crippen LogP contribution in [-0.2, 0) is 17.9 Å². The highest BCUT2D eigenvalue weighted by atomic mass is 16.1. The summed E-state index contributed by atoms with van der Waals surface area (Å²) in [6.07, 6.45) is 2.97. The fraction of sp³-hybridized carbons (Fsp3) is 0.471. The molecular formula is C17H25N5O2. The molecule has 2 rings (SSSR count). The number of ketones is 1. The fourth-order valence-corrected chi connectivity index (χ4v) is 2.64. The number of rotatable bonds is 5. The predicted octanol–water partition coefficient (Wildman–Crippen LogP) is 1.95. The number of hydrogen-bond donors (Lipinski definition) is 2. The molecule has 1 aliphatic rings. The lowest BCUT2D eigenvalue weighted by Gasteiger charge is -2.15. The Bertz CT molecular complexity index is 806. The van der Waals surface area contributed by atoms with E-state index in [1.165, 1.54) is 6.08 Å². The van der Waals surface area contributed by atoms with Gasteiger partial charge in [0.2, 0.25) is 0 Å². The molecule has 1 heterocycles. The van der Waals surface area contributed by atoms with Crippen LogP contribution in [0.25, 0.3) is 0 Å². The molecule has 0 aromatic carbocycles. The van der Waals surface area contributed by atoms with Gasteiger partial charge < -0.3 is 11.1 Å². The number of aromatic nitrogens is 2. The second-order valence-corrected chi connectivity index (χ2v) is 6.02. The monoisotopic (exact) mass is 331 g/mol. The first kappa shape index (κ1) is 17.8. The standard InChI is InChI=1S/C17H25N5O2/c1-6-21-16(19-10(3)4)15(17(24)22(21)7-2)20-13-8-11(5)14(23)9-12(13)18/h8-10,19H,6-7,18H2,1-5H3.